The molecule has 148 valence electrons. The minimum Gasteiger partial charge on any atom is -0.347 e. The van der Waals surface area contributed by atoms with E-state index >= 15 is 0 Å². The van der Waals surface area contributed by atoms with E-state index in [1.165, 1.54) is 21.9 Å². The predicted octanol–water partition coefficient (Wildman–Crippen LogP) is 2.44. The summed E-state index contributed by atoms with van der Waals surface area (Å²) >= 11 is 1.40. The normalized spacial score (nSPS) is 14.7. The summed E-state index contributed by atoms with van der Waals surface area (Å²) in [6.07, 6.45) is 2.10. The topological polar surface area (TPSA) is 103 Å². The first-order valence-corrected chi connectivity index (χ1v) is 10.3. The van der Waals surface area contributed by atoms with Crippen LogP contribution in [-0.2, 0) is 11.2 Å². The van der Waals surface area contributed by atoms with E-state index in [1.54, 1.807) is 24.3 Å². The third kappa shape index (κ3) is 3.98. The summed E-state index contributed by atoms with van der Waals surface area (Å²) in [5, 5.41) is 17.1. The van der Waals surface area contributed by atoms with Gasteiger partial charge in [-0.1, -0.05) is 24.3 Å². The standard InChI is InChI=1S/C20H20N6O2S/c1-2-15-11-17(27)26-19(23-15)29-20(24-26)25-8-6-14(7-9-25)18(28)22-16-5-3-4-13(10-16)12-21/h3-5,10-11,14H,2,6-9H2,1H3,(H,22,28). The molecule has 1 aliphatic rings. The molecule has 1 aromatic carbocycles. The molecule has 2 aromatic heterocycles. The molecule has 0 unspecified atom stereocenters. The highest BCUT2D eigenvalue weighted by atomic mass is 32.1. The number of carbonyl (C=O) groups excluding carboxylic acids is 1. The predicted molar refractivity (Wildman–Crippen MR) is 111 cm³/mol. The van der Waals surface area contributed by atoms with Crippen molar-refractivity contribution in [3.63, 3.8) is 0 Å². The van der Waals surface area contributed by atoms with Crippen LogP contribution in [0.3, 0.4) is 0 Å². The first-order valence-electron chi connectivity index (χ1n) is 9.53. The summed E-state index contributed by atoms with van der Waals surface area (Å²) < 4.78 is 1.35. The van der Waals surface area contributed by atoms with Crippen molar-refractivity contribution in [2.45, 2.75) is 26.2 Å². The highest BCUT2D eigenvalue weighted by Crippen LogP contribution is 2.27. The molecule has 1 N–H and O–H groups in total. The summed E-state index contributed by atoms with van der Waals surface area (Å²) in [5.74, 6) is -0.131. The second-order valence-corrected chi connectivity index (χ2v) is 7.90. The smallest absolute Gasteiger partial charge is 0.275 e. The lowest BCUT2D eigenvalue weighted by atomic mass is 9.96. The molecule has 0 bridgehead atoms. The monoisotopic (exact) mass is 408 g/mol. The maximum Gasteiger partial charge on any atom is 0.275 e. The fourth-order valence-corrected chi connectivity index (χ4v) is 4.38. The van der Waals surface area contributed by atoms with Crippen LogP contribution in [0, 0.1) is 17.2 Å². The molecule has 0 aliphatic carbocycles. The third-order valence-electron chi connectivity index (χ3n) is 5.05. The number of carbonyl (C=O) groups is 1. The van der Waals surface area contributed by atoms with E-state index in [-0.39, 0.29) is 17.4 Å². The number of nitriles is 1. The van der Waals surface area contributed by atoms with Gasteiger partial charge in [-0.25, -0.2) is 4.98 Å². The van der Waals surface area contributed by atoms with E-state index < -0.39 is 0 Å². The van der Waals surface area contributed by atoms with Crippen molar-refractivity contribution in [3.8, 4) is 6.07 Å². The summed E-state index contributed by atoms with van der Waals surface area (Å²) in [6, 6.07) is 10.5. The Hall–Kier alpha value is -3.25. The van der Waals surface area contributed by atoms with Crippen LogP contribution in [0.25, 0.3) is 4.96 Å². The second-order valence-electron chi connectivity index (χ2n) is 6.96. The first kappa shape index (κ1) is 19.1. The highest BCUT2D eigenvalue weighted by molar-refractivity contribution is 7.20. The van der Waals surface area contributed by atoms with E-state index in [0.717, 1.165) is 10.8 Å². The maximum atomic E-state index is 12.6. The van der Waals surface area contributed by atoms with E-state index in [4.69, 9.17) is 5.26 Å². The SMILES string of the molecule is CCc1cc(=O)n2nc(N3CCC(C(=O)Nc4cccc(C#N)c4)CC3)sc2n1. The molecular weight excluding hydrogens is 388 g/mol. The number of nitrogens with one attached hydrogen (secondary N) is 1. The molecule has 0 spiro atoms. The van der Waals surface area contributed by atoms with Crippen molar-refractivity contribution < 1.29 is 4.79 Å². The van der Waals surface area contributed by atoms with Crippen molar-refractivity contribution in [2.75, 3.05) is 23.3 Å². The molecule has 1 amide bonds. The number of anilines is 2. The number of hydrogen-bond donors (Lipinski definition) is 1. The molecule has 0 atom stereocenters. The van der Waals surface area contributed by atoms with E-state index in [0.29, 0.717) is 48.6 Å². The van der Waals surface area contributed by atoms with Gasteiger partial charge in [0.15, 0.2) is 0 Å². The molecule has 3 heterocycles. The number of aromatic nitrogens is 3. The van der Waals surface area contributed by atoms with E-state index in [1.807, 2.05) is 6.92 Å². The molecule has 9 heteroatoms. The number of hydrogen-bond acceptors (Lipinski definition) is 7. The average Bonchev–Trinajstić information content (AvgIpc) is 3.18. The molecule has 0 radical (unpaired) electrons. The zero-order valence-corrected chi connectivity index (χ0v) is 16.8. The number of nitrogens with zero attached hydrogens (tertiary/aromatic N) is 5. The van der Waals surface area contributed by atoms with Gasteiger partial charge in [-0.3, -0.25) is 9.59 Å². The van der Waals surface area contributed by atoms with Gasteiger partial charge in [-0.15, -0.1) is 5.10 Å². The Bertz CT molecular complexity index is 1150. The van der Waals surface area contributed by atoms with Gasteiger partial charge in [-0.2, -0.15) is 9.78 Å². The lowest BCUT2D eigenvalue weighted by molar-refractivity contribution is -0.120. The molecule has 4 rings (SSSR count). The summed E-state index contributed by atoms with van der Waals surface area (Å²) in [6.45, 7) is 3.34. The van der Waals surface area contributed by atoms with Crippen LogP contribution in [0.1, 0.15) is 31.0 Å². The Morgan fingerprint density at radius 2 is 2.14 bits per heavy atom. The fourth-order valence-electron chi connectivity index (χ4n) is 3.40. The number of fused-ring (bicyclic) bond motifs is 1. The zero-order chi connectivity index (χ0) is 20.4. The fraction of sp³-hybridized carbons (Fsp3) is 0.350. The molecule has 1 fully saturated rings. The zero-order valence-electron chi connectivity index (χ0n) is 16.0. The summed E-state index contributed by atoms with van der Waals surface area (Å²) in [4.78, 5) is 32.0. The summed E-state index contributed by atoms with van der Waals surface area (Å²) in [5.41, 5.74) is 1.76. The Morgan fingerprint density at radius 1 is 1.34 bits per heavy atom. The molecule has 1 saturated heterocycles. The third-order valence-corrected chi connectivity index (χ3v) is 6.01. The minimum atomic E-state index is -0.164. The Morgan fingerprint density at radius 3 is 2.86 bits per heavy atom. The van der Waals surface area contributed by atoms with E-state index in [9.17, 15) is 9.59 Å². The lowest BCUT2D eigenvalue weighted by Gasteiger charge is -2.30. The van der Waals surface area contributed by atoms with Crippen LogP contribution >= 0.6 is 11.3 Å². The van der Waals surface area contributed by atoms with Gasteiger partial charge in [0.25, 0.3) is 5.56 Å². The van der Waals surface area contributed by atoms with Crippen LogP contribution in [0.4, 0.5) is 10.8 Å². The van der Waals surface area contributed by atoms with Crippen LogP contribution < -0.4 is 15.8 Å². The Balaban J connectivity index is 1.42. The van der Waals surface area contributed by atoms with Crippen molar-refractivity contribution in [3.05, 3.63) is 51.9 Å². The van der Waals surface area contributed by atoms with Gasteiger partial charge < -0.3 is 10.2 Å². The van der Waals surface area contributed by atoms with Crippen molar-refractivity contribution in [1.29, 1.82) is 5.26 Å². The second kappa shape index (κ2) is 8.01. The van der Waals surface area contributed by atoms with Crippen LogP contribution in [0.2, 0.25) is 0 Å². The molecule has 8 nitrogen and oxygen atoms in total. The van der Waals surface area contributed by atoms with Gasteiger partial charge in [0, 0.05) is 36.5 Å². The molecule has 3 aromatic rings. The minimum absolute atomic E-state index is 0.0329. The Labute approximate surface area is 171 Å². The van der Waals surface area contributed by atoms with Crippen molar-refractivity contribution >= 4 is 33.0 Å². The number of aryl methyl sites for hydroxylation is 1. The van der Waals surface area contributed by atoms with Gasteiger partial charge in [-0.05, 0) is 37.5 Å². The van der Waals surface area contributed by atoms with E-state index in [2.05, 4.69) is 26.4 Å². The van der Waals surface area contributed by atoms with Gasteiger partial charge in [0.05, 0.1) is 11.6 Å². The van der Waals surface area contributed by atoms with Gasteiger partial charge in [0.1, 0.15) is 0 Å². The van der Waals surface area contributed by atoms with Gasteiger partial charge in [0.2, 0.25) is 16.0 Å². The molecule has 29 heavy (non-hydrogen) atoms. The van der Waals surface area contributed by atoms with Gasteiger partial charge >= 0.3 is 0 Å². The quantitative estimate of drug-likeness (QED) is 0.711. The summed E-state index contributed by atoms with van der Waals surface area (Å²) in [7, 11) is 0. The molecular formula is C20H20N6O2S. The Kier molecular flexibility index (Phi) is 5.27. The maximum absolute atomic E-state index is 12.6. The first-order chi connectivity index (χ1) is 14.1. The molecule has 1 aliphatic heterocycles. The largest absolute Gasteiger partial charge is 0.347 e. The van der Waals surface area contributed by atoms with Crippen LogP contribution in [-0.4, -0.2) is 33.6 Å². The van der Waals surface area contributed by atoms with Crippen LogP contribution in [0.15, 0.2) is 35.1 Å². The number of amides is 1. The van der Waals surface area contributed by atoms with Crippen LogP contribution in [0.5, 0.6) is 0 Å². The number of piperidine rings is 1. The number of benzene rings is 1. The average molecular weight is 408 g/mol. The highest BCUT2D eigenvalue weighted by Gasteiger charge is 2.27. The number of rotatable bonds is 4. The molecule has 0 saturated carbocycles. The van der Waals surface area contributed by atoms with Crippen molar-refractivity contribution in [2.24, 2.45) is 5.92 Å². The lowest BCUT2D eigenvalue weighted by Crippen LogP contribution is -2.38. The van der Waals surface area contributed by atoms with Crippen molar-refractivity contribution in [1.82, 2.24) is 14.6 Å².